The Balaban J connectivity index is 1.61. The zero-order chi connectivity index (χ0) is 16.7. The number of furan rings is 1. The molecule has 3 aliphatic rings. The molecular weight excluding hydrogens is 324 g/mol. The van der Waals surface area contributed by atoms with Crippen LogP contribution in [0.25, 0.3) is 0 Å². The van der Waals surface area contributed by atoms with Crippen molar-refractivity contribution in [3.63, 3.8) is 0 Å². The van der Waals surface area contributed by atoms with Gasteiger partial charge in [-0.1, -0.05) is 12.8 Å². The van der Waals surface area contributed by atoms with Crippen molar-refractivity contribution in [1.29, 1.82) is 0 Å². The predicted octanol–water partition coefficient (Wildman–Crippen LogP) is 3.18. The second kappa shape index (κ2) is 6.14. The van der Waals surface area contributed by atoms with Crippen LogP contribution in [-0.4, -0.2) is 44.8 Å². The number of likely N-dealkylation sites (tertiary alicyclic amines) is 1. The number of fused-ring (bicyclic) bond motifs is 1. The van der Waals surface area contributed by atoms with E-state index in [9.17, 15) is 9.59 Å². The van der Waals surface area contributed by atoms with Gasteiger partial charge >= 0.3 is 0 Å². The number of amides is 2. The lowest BCUT2D eigenvalue weighted by Crippen LogP contribution is -2.52. The number of thioether (sulfide) groups is 1. The van der Waals surface area contributed by atoms with E-state index in [1.165, 1.54) is 0 Å². The van der Waals surface area contributed by atoms with Crippen molar-refractivity contribution in [3.05, 3.63) is 24.2 Å². The van der Waals surface area contributed by atoms with Gasteiger partial charge in [0.25, 0.3) is 0 Å². The molecule has 0 saturated carbocycles. The van der Waals surface area contributed by atoms with Crippen LogP contribution < -0.4 is 0 Å². The first-order valence-electron chi connectivity index (χ1n) is 8.90. The SMILES string of the molecule is C[C@]12CCC(=O)N1[C@H](C(=O)N1CCCCC[C@@H]1c1ccco1)CS2. The van der Waals surface area contributed by atoms with Crippen molar-refractivity contribution >= 4 is 23.6 Å². The zero-order valence-corrected chi connectivity index (χ0v) is 14.9. The van der Waals surface area contributed by atoms with E-state index in [4.69, 9.17) is 4.42 Å². The first kappa shape index (κ1) is 16.1. The largest absolute Gasteiger partial charge is 0.467 e. The minimum atomic E-state index is -0.314. The van der Waals surface area contributed by atoms with Gasteiger partial charge in [0.05, 0.1) is 17.2 Å². The maximum absolute atomic E-state index is 13.4. The van der Waals surface area contributed by atoms with Crippen LogP contribution in [0.4, 0.5) is 0 Å². The van der Waals surface area contributed by atoms with Crippen molar-refractivity contribution < 1.29 is 14.0 Å². The second-order valence-electron chi connectivity index (χ2n) is 7.18. The van der Waals surface area contributed by atoms with Crippen molar-refractivity contribution in [2.75, 3.05) is 12.3 Å². The Morgan fingerprint density at radius 2 is 2.25 bits per heavy atom. The molecule has 4 rings (SSSR count). The predicted molar refractivity (Wildman–Crippen MR) is 92.4 cm³/mol. The van der Waals surface area contributed by atoms with Gasteiger partial charge in [-0.15, -0.1) is 11.8 Å². The molecule has 3 saturated heterocycles. The highest BCUT2D eigenvalue weighted by Crippen LogP contribution is 2.48. The lowest BCUT2D eigenvalue weighted by atomic mass is 10.1. The Morgan fingerprint density at radius 1 is 1.38 bits per heavy atom. The zero-order valence-electron chi connectivity index (χ0n) is 14.1. The van der Waals surface area contributed by atoms with Gasteiger partial charge in [-0.2, -0.15) is 0 Å². The van der Waals surface area contributed by atoms with Crippen LogP contribution in [0.2, 0.25) is 0 Å². The highest BCUT2D eigenvalue weighted by molar-refractivity contribution is 8.01. The molecular formula is C18H24N2O3S. The Kier molecular flexibility index (Phi) is 4.11. The summed E-state index contributed by atoms with van der Waals surface area (Å²) in [6, 6.07) is 3.54. The van der Waals surface area contributed by atoms with Gasteiger partial charge in [-0.3, -0.25) is 9.59 Å². The van der Waals surface area contributed by atoms with Crippen LogP contribution in [0.5, 0.6) is 0 Å². The number of hydrogen-bond acceptors (Lipinski definition) is 4. The summed E-state index contributed by atoms with van der Waals surface area (Å²) in [7, 11) is 0. The van der Waals surface area contributed by atoms with Crippen LogP contribution in [0.1, 0.15) is 57.3 Å². The van der Waals surface area contributed by atoms with Crippen molar-refractivity contribution in [1.82, 2.24) is 9.80 Å². The molecule has 5 nitrogen and oxygen atoms in total. The van der Waals surface area contributed by atoms with E-state index >= 15 is 0 Å². The van der Waals surface area contributed by atoms with Gasteiger partial charge in [0, 0.05) is 18.7 Å². The monoisotopic (exact) mass is 348 g/mol. The molecule has 1 aromatic heterocycles. The lowest BCUT2D eigenvalue weighted by molar-refractivity contribution is -0.145. The van der Waals surface area contributed by atoms with Crippen molar-refractivity contribution in [2.24, 2.45) is 0 Å². The number of hydrogen-bond donors (Lipinski definition) is 0. The van der Waals surface area contributed by atoms with E-state index in [0.717, 1.165) is 44.4 Å². The molecule has 4 heterocycles. The number of rotatable bonds is 2. The van der Waals surface area contributed by atoms with Crippen molar-refractivity contribution in [2.45, 2.75) is 62.4 Å². The molecule has 0 unspecified atom stereocenters. The van der Waals surface area contributed by atoms with Crippen LogP contribution in [-0.2, 0) is 9.59 Å². The summed E-state index contributed by atoms with van der Waals surface area (Å²) in [6.07, 6.45) is 7.29. The van der Waals surface area contributed by atoms with E-state index < -0.39 is 0 Å². The molecule has 0 aromatic carbocycles. The highest BCUT2D eigenvalue weighted by atomic mass is 32.2. The summed E-state index contributed by atoms with van der Waals surface area (Å²) in [5, 5.41) is 0. The first-order valence-corrected chi connectivity index (χ1v) is 9.89. The first-order chi connectivity index (χ1) is 11.6. The molecule has 3 aliphatic heterocycles. The third kappa shape index (κ3) is 2.55. The smallest absolute Gasteiger partial charge is 0.246 e. The van der Waals surface area contributed by atoms with Crippen LogP contribution in [0, 0.1) is 0 Å². The fraction of sp³-hybridized carbons (Fsp3) is 0.667. The summed E-state index contributed by atoms with van der Waals surface area (Å²) in [4.78, 5) is 29.4. The number of carbonyl (C=O) groups is 2. The third-order valence-corrected chi connectivity index (χ3v) is 7.14. The molecule has 24 heavy (non-hydrogen) atoms. The standard InChI is InChI=1S/C18H24N2O3S/c1-18-9-8-16(21)20(18)14(12-24-18)17(22)19-10-4-2-3-6-13(19)15-7-5-11-23-15/h5,7,11,13-14H,2-4,6,8-10,12H2,1H3/t13-,14+,18+/m1/s1. The van der Waals surface area contributed by atoms with Crippen molar-refractivity contribution in [3.8, 4) is 0 Å². The molecule has 6 heteroatoms. The number of nitrogens with zero attached hydrogens (tertiary/aromatic N) is 2. The number of carbonyl (C=O) groups excluding carboxylic acids is 2. The fourth-order valence-corrected chi connectivity index (χ4v) is 5.77. The molecule has 0 spiro atoms. The van der Waals surface area contributed by atoms with E-state index in [0.29, 0.717) is 12.2 Å². The summed E-state index contributed by atoms with van der Waals surface area (Å²) >= 11 is 1.76. The van der Waals surface area contributed by atoms with Gasteiger partial charge in [-0.25, -0.2) is 0 Å². The average Bonchev–Trinajstić information content (AvgIpc) is 3.22. The maximum Gasteiger partial charge on any atom is 0.246 e. The van der Waals surface area contributed by atoms with Crippen LogP contribution in [0.3, 0.4) is 0 Å². The van der Waals surface area contributed by atoms with E-state index in [-0.39, 0.29) is 28.8 Å². The summed E-state index contributed by atoms with van der Waals surface area (Å²) in [5.74, 6) is 1.81. The summed E-state index contributed by atoms with van der Waals surface area (Å²) in [5.41, 5.74) is 0. The lowest BCUT2D eigenvalue weighted by Gasteiger charge is -2.35. The van der Waals surface area contributed by atoms with Crippen LogP contribution >= 0.6 is 11.8 Å². The fourth-order valence-electron chi connectivity index (χ4n) is 4.34. The quantitative estimate of drug-likeness (QED) is 0.824. The molecule has 2 amide bonds. The highest BCUT2D eigenvalue weighted by Gasteiger charge is 2.54. The summed E-state index contributed by atoms with van der Waals surface area (Å²) in [6.45, 7) is 2.85. The molecule has 1 aromatic rings. The minimum Gasteiger partial charge on any atom is -0.467 e. The van der Waals surface area contributed by atoms with Gasteiger partial charge in [0.2, 0.25) is 11.8 Å². The van der Waals surface area contributed by atoms with E-state index in [1.807, 2.05) is 21.9 Å². The van der Waals surface area contributed by atoms with Gasteiger partial charge in [0.1, 0.15) is 11.8 Å². The maximum atomic E-state index is 13.4. The van der Waals surface area contributed by atoms with E-state index in [2.05, 4.69) is 6.92 Å². The molecule has 0 radical (unpaired) electrons. The third-order valence-electron chi connectivity index (χ3n) is 5.64. The summed E-state index contributed by atoms with van der Waals surface area (Å²) < 4.78 is 5.62. The molecule has 0 N–H and O–H groups in total. The molecule has 130 valence electrons. The molecule has 0 bridgehead atoms. The Hall–Kier alpha value is -1.43. The second-order valence-corrected chi connectivity index (χ2v) is 8.68. The minimum absolute atomic E-state index is 0.00422. The average molecular weight is 348 g/mol. The van der Waals surface area contributed by atoms with Gasteiger partial charge < -0.3 is 14.2 Å². The topological polar surface area (TPSA) is 53.8 Å². The van der Waals surface area contributed by atoms with Gasteiger partial charge in [-0.05, 0) is 38.3 Å². The molecule has 3 fully saturated rings. The van der Waals surface area contributed by atoms with Crippen LogP contribution in [0.15, 0.2) is 22.8 Å². The Bertz CT molecular complexity index is 632. The van der Waals surface area contributed by atoms with Gasteiger partial charge in [0.15, 0.2) is 0 Å². The van der Waals surface area contributed by atoms with E-state index in [1.54, 1.807) is 18.0 Å². The Morgan fingerprint density at radius 3 is 3.04 bits per heavy atom. The normalized spacial score (nSPS) is 33.6. The Labute approximate surface area is 146 Å². The molecule has 0 aliphatic carbocycles. The molecule has 3 atom stereocenters.